The first-order valence-electron chi connectivity index (χ1n) is 8.39. The van der Waals surface area contributed by atoms with E-state index in [2.05, 4.69) is 52.0 Å². The summed E-state index contributed by atoms with van der Waals surface area (Å²) in [7, 11) is 0. The van der Waals surface area contributed by atoms with Gasteiger partial charge in [0, 0.05) is 19.1 Å². The number of hydrogen-bond acceptors (Lipinski definition) is 2. The lowest BCUT2D eigenvalue weighted by Gasteiger charge is -2.42. The number of hydrogen-bond donors (Lipinski definition) is 1. The number of piperidine rings is 1. The first kappa shape index (κ1) is 20.0. The smallest absolute Gasteiger partial charge is 0.227 e. The van der Waals surface area contributed by atoms with E-state index in [0.717, 1.165) is 31.5 Å². The highest BCUT2D eigenvalue weighted by Crippen LogP contribution is 2.28. The summed E-state index contributed by atoms with van der Waals surface area (Å²) >= 11 is 0. The third kappa shape index (κ3) is 5.50. The molecule has 1 atom stereocenters. The number of amides is 1. The zero-order chi connectivity index (χ0) is 16.3. The van der Waals surface area contributed by atoms with Gasteiger partial charge in [0.2, 0.25) is 5.91 Å². The maximum Gasteiger partial charge on any atom is 0.227 e. The SMILES string of the molecule is CC(C)Cc1ccc(CC(=O)N2CCC(N)C(C)(C)C2)cc1.Cl. The van der Waals surface area contributed by atoms with E-state index in [9.17, 15) is 4.79 Å². The van der Waals surface area contributed by atoms with Gasteiger partial charge in [-0.3, -0.25) is 4.79 Å². The van der Waals surface area contributed by atoms with Crippen LogP contribution in [0.5, 0.6) is 0 Å². The molecule has 0 aliphatic carbocycles. The molecule has 1 saturated heterocycles. The zero-order valence-electron chi connectivity index (χ0n) is 14.8. The molecule has 1 heterocycles. The molecule has 1 aromatic rings. The van der Waals surface area contributed by atoms with Gasteiger partial charge in [-0.25, -0.2) is 0 Å². The van der Waals surface area contributed by atoms with Crippen LogP contribution < -0.4 is 5.73 Å². The summed E-state index contributed by atoms with van der Waals surface area (Å²) in [5.41, 5.74) is 8.60. The molecular weight excluding hydrogens is 308 g/mol. The summed E-state index contributed by atoms with van der Waals surface area (Å²) in [6, 6.07) is 8.68. The Morgan fingerprint density at radius 3 is 2.35 bits per heavy atom. The Labute approximate surface area is 147 Å². The molecule has 4 heteroatoms. The number of halogens is 1. The average molecular weight is 339 g/mol. The third-order valence-corrected chi connectivity index (χ3v) is 4.69. The fourth-order valence-electron chi connectivity index (χ4n) is 3.14. The Balaban J connectivity index is 0.00000264. The van der Waals surface area contributed by atoms with Crippen molar-refractivity contribution in [3.05, 3.63) is 35.4 Å². The zero-order valence-corrected chi connectivity index (χ0v) is 15.7. The largest absolute Gasteiger partial charge is 0.342 e. The van der Waals surface area contributed by atoms with Gasteiger partial charge in [-0.05, 0) is 35.3 Å². The predicted molar refractivity (Wildman–Crippen MR) is 98.9 cm³/mol. The molecule has 1 aliphatic rings. The fourth-order valence-corrected chi connectivity index (χ4v) is 3.14. The van der Waals surface area contributed by atoms with Gasteiger partial charge in [-0.2, -0.15) is 0 Å². The highest BCUT2D eigenvalue weighted by Gasteiger charge is 2.35. The van der Waals surface area contributed by atoms with Crippen molar-refractivity contribution in [2.24, 2.45) is 17.1 Å². The second kappa shape index (κ2) is 8.16. The Morgan fingerprint density at radius 1 is 1.26 bits per heavy atom. The molecule has 130 valence electrons. The van der Waals surface area contributed by atoms with Gasteiger partial charge in [0.25, 0.3) is 0 Å². The first-order valence-corrected chi connectivity index (χ1v) is 8.39. The second-order valence-electron chi connectivity index (χ2n) is 7.79. The lowest BCUT2D eigenvalue weighted by Crippen LogP contribution is -2.54. The predicted octanol–water partition coefficient (Wildman–Crippen LogP) is 3.44. The van der Waals surface area contributed by atoms with Crippen molar-refractivity contribution in [1.82, 2.24) is 4.90 Å². The van der Waals surface area contributed by atoms with Crippen LogP contribution in [0.4, 0.5) is 0 Å². The Bertz CT molecular complexity index is 511. The van der Waals surface area contributed by atoms with Gasteiger partial charge in [0.05, 0.1) is 6.42 Å². The van der Waals surface area contributed by atoms with Crippen LogP contribution in [-0.2, 0) is 17.6 Å². The average Bonchev–Trinajstić information content (AvgIpc) is 2.43. The lowest BCUT2D eigenvalue weighted by molar-refractivity contribution is -0.133. The lowest BCUT2D eigenvalue weighted by atomic mass is 9.79. The van der Waals surface area contributed by atoms with E-state index in [-0.39, 0.29) is 29.8 Å². The summed E-state index contributed by atoms with van der Waals surface area (Å²) in [6.07, 6.45) is 2.48. The molecule has 1 amide bonds. The molecule has 2 rings (SSSR count). The van der Waals surface area contributed by atoms with E-state index in [1.54, 1.807) is 0 Å². The fraction of sp³-hybridized carbons (Fsp3) is 0.632. The molecular formula is C19H31ClN2O. The van der Waals surface area contributed by atoms with Crippen molar-refractivity contribution in [1.29, 1.82) is 0 Å². The van der Waals surface area contributed by atoms with Gasteiger partial charge in [0.1, 0.15) is 0 Å². The van der Waals surface area contributed by atoms with Crippen LogP contribution >= 0.6 is 12.4 Å². The molecule has 0 radical (unpaired) electrons. The number of carbonyl (C=O) groups excluding carboxylic acids is 1. The molecule has 1 fully saturated rings. The van der Waals surface area contributed by atoms with E-state index >= 15 is 0 Å². The highest BCUT2D eigenvalue weighted by molar-refractivity contribution is 5.85. The Morgan fingerprint density at radius 2 is 1.83 bits per heavy atom. The van der Waals surface area contributed by atoms with Crippen LogP contribution in [0.25, 0.3) is 0 Å². The van der Waals surface area contributed by atoms with Crippen LogP contribution in [0.1, 0.15) is 45.2 Å². The first-order chi connectivity index (χ1) is 10.3. The number of carbonyl (C=O) groups is 1. The number of nitrogens with two attached hydrogens (primary N) is 1. The van der Waals surface area contributed by atoms with Gasteiger partial charge in [0.15, 0.2) is 0 Å². The Kier molecular flexibility index (Phi) is 7.09. The number of likely N-dealkylation sites (tertiary alicyclic amines) is 1. The maximum atomic E-state index is 12.5. The van der Waals surface area contributed by atoms with Crippen molar-refractivity contribution in [2.75, 3.05) is 13.1 Å². The third-order valence-electron chi connectivity index (χ3n) is 4.69. The molecule has 1 aromatic carbocycles. The van der Waals surface area contributed by atoms with Crippen molar-refractivity contribution in [3.63, 3.8) is 0 Å². The second-order valence-corrected chi connectivity index (χ2v) is 7.79. The van der Waals surface area contributed by atoms with Crippen LogP contribution in [0.2, 0.25) is 0 Å². The number of benzene rings is 1. The summed E-state index contributed by atoms with van der Waals surface area (Å²) < 4.78 is 0. The summed E-state index contributed by atoms with van der Waals surface area (Å²) in [4.78, 5) is 14.5. The van der Waals surface area contributed by atoms with E-state index in [1.807, 2.05) is 4.90 Å². The van der Waals surface area contributed by atoms with E-state index < -0.39 is 0 Å². The summed E-state index contributed by atoms with van der Waals surface area (Å²) in [5.74, 6) is 0.879. The minimum atomic E-state index is 0. The molecule has 1 aliphatic heterocycles. The molecule has 3 nitrogen and oxygen atoms in total. The van der Waals surface area contributed by atoms with E-state index in [1.165, 1.54) is 5.56 Å². The highest BCUT2D eigenvalue weighted by atomic mass is 35.5. The molecule has 0 bridgehead atoms. The number of rotatable bonds is 4. The minimum absolute atomic E-state index is 0. The van der Waals surface area contributed by atoms with Crippen LogP contribution in [0, 0.1) is 11.3 Å². The minimum Gasteiger partial charge on any atom is -0.342 e. The number of nitrogens with zero attached hydrogens (tertiary/aromatic N) is 1. The van der Waals surface area contributed by atoms with Crippen LogP contribution in [0.15, 0.2) is 24.3 Å². The summed E-state index contributed by atoms with van der Waals surface area (Å²) in [5, 5.41) is 0. The monoisotopic (exact) mass is 338 g/mol. The standard InChI is InChI=1S/C19H30N2O.ClH/c1-14(2)11-15-5-7-16(8-6-15)12-18(22)21-10-9-17(20)19(3,4)13-21;/h5-8,14,17H,9-13,20H2,1-4H3;1H. The molecule has 0 spiro atoms. The summed E-state index contributed by atoms with van der Waals surface area (Å²) in [6.45, 7) is 10.3. The van der Waals surface area contributed by atoms with Crippen molar-refractivity contribution >= 4 is 18.3 Å². The van der Waals surface area contributed by atoms with Crippen LogP contribution in [0.3, 0.4) is 0 Å². The topological polar surface area (TPSA) is 46.3 Å². The molecule has 2 N–H and O–H groups in total. The molecule has 0 saturated carbocycles. The Hall–Kier alpha value is -1.06. The van der Waals surface area contributed by atoms with Crippen LogP contribution in [-0.4, -0.2) is 29.9 Å². The van der Waals surface area contributed by atoms with Crippen molar-refractivity contribution in [3.8, 4) is 0 Å². The van der Waals surface area contributed by atoms with Crippen molar-refractivity contribution in [2.45, 2.75) is 53.0 Å². The van der Waals surface area contributed by atoms with Crippen molar-refractivity contribution < 1.29 is 4.79 Å². The van der Waals surface area contributed by atoms with E-state index in [0.29, 0.717) is 12.3 Å². The maximum absolute atomic E-state index is 12.5. The van der Waals surface area contributed by atoms with Gasteiger partial charge in [-0.1, -0.05) is 52.0 Å². The van der Waals surface area contributed by atoms with Gasteiger partial charge in [-0.15, -0.1) is 12.4 Å². The molecule has 0 aromatic heterocycles. The van der Waals surface area contributed by atoms with Gasteiger partial charge < -0.3 is 10.6 Å². The molecule has 1 unspecified atom stereocenters. The van der Waals surface area contributed by atoms with E-state index in [4.69, 9.17) is 5.73 Å². The quantitative estimate of drug-likeness (QED) is 0.914. The molecule has 23 heavy (non-hydrogen) atoms. The van der Waals surface area contributed by atoms with Gasteiger partial charge >= 0.3 is 0 Å². The normalized spacial score (nSPS) is 20.3.